The molecule has 0 amide bonds. The molecule has 1 N–H and O–H groups in total. The molecule has 0 fully saturated rings. The van der Waals surface area contributed by atoms with Crippen molar-refractivity contribution in [2.45, 2.75) is 39.1 Å². The van der Waals surface area contributed by atoms with Crippen molar-refractivity contribution in [2.75, 3.05) is 4.72 Å². The fraction of sp³-hybridized carbons (Fsp3) is 0.385. The molecule has 2 aromatic heterocycles. The summed E-state index contributed by atoms with van der Waals surface area (Å²) in [6.07, 6.45) is 1.53. The molecular weight excluding hydrogens is 276 g/mol. The van der Waals surface area contributed by atoms with Crippen LogP contribution in [0, 0.1) is 20.8 Å². The maximum Gasteiger partial charge on any atom is 0.266 e. The van der Waals surface area contributed by atoms with E-state index in [1.165, 1.54) is 6.20 Å². The Labute approximate surface area is 118 Å². The summed E-state index contributed by atoms with van der Waals surface area (Å²) in [5, 5.41) is 4.15. The smallest absolute Gasteiger partial charge is 0.266 e. The van der Waals surface area contributed by atoms with Crippen molar-refractivity contribution in [2.24, 2.45) is 0 Å². The first-order valence-electron chi connectivity index (χ1n) is 6.34. The molecule has 0 bridgehead atoms. The van der Waals surface area contributed by atoms with Gasteiger partial charge in [0.15, 0.2) is 0 Å². The molecule has 2 aromatic rings. The molecule has 0 atom stereocenters. The van der Waals surface area contributed by atoms with Crippen LogP contribution >= 0.6 is 0 Å². The van der Waals surface area contributed by atoms with Crippen LogP contribution in [-0.4, -0.2) is 23.2 Å². The molecule has 20 heavy (non-hydrogen) atoms. The van der Waals surface area contributed by atoms with Gasteiger partial charge in [-0.2, -0.15) is 5.10 Å². The van der Waals surface area contributed by atoms with Crippen LogP contribution in [0.4, 0.5) is 5.82 Å². The van der Waals surface area contributed by atoms with Gasteiger partial charge in [0.05, 0.1) is 5.69 Å². The molecule has 0 spiro atoms. The van der Waals surface area contributed by atoms with Crippen molar-refractivity contribution in [3.05, 3.63) is 35.3 Å². The predicted molar refractivity (Wildman–Crippen MR) is 77.2 cm³/mol. The standard InChI is InChI=1S/C13H18N4O2S/c1-5-17-8-12(11(4)15-17)20(18,19)16-13-7-9(2)6-10(3)14-13/h6-8H,5H2,1-4H3,(H,14,16). The molecule has 108 valence electrons. The molecule has 0 aliphatic heterocycles. The zero-order valence-electron chi connectivity index (χ0n) is 12.0. The summed E-state index contributed by atoms with van der Waals surface area (Å²) in [4.78, 5) is 4.36. The van der Waals surface area contributed by atoms with Crippen LogP contribution in [0.3, 0.4) is 0 Å². The van der Waals surface area contributed by atoms with E-state index in [4.69, 9.17) is 0 Å². The molecule has 2 rings (SSSR count). The van der Waals surface area contributed by atoms with Crippen LogP contribution in [0.2, 0.25) is 0 Å². The predicted octanol–water partition coefficient (Wildman–Crippen LogP) is 2.02. The highest BCUT2D eigenvalue weighted by atomic mass is 32.2. The van der Waals surface area contributed by atoms with Gasteiger partial charge < -0.3 is 0 Å². The number of aromatic nitrogens is 3. The largest absolute Gasteiger partial charge is 0.271 e. The summed E-state index contributed by atoms with van der Waals surface area (Å²) in [5.74, 6) is 0.325. The van der Waals surface area contributed by atoms with Gasteiger partial charge in [0.2, 0.25) is 0 Å². The number of anilines is 1. The molecule has 0 radical (unpaired) electrons. The SMILES string of the molecule is CCn1cc(S(=O)(=O)Nc2cc(C)cc(C)n2)c(C)n1. The van der Waals surface area contributed by atoms with Crippen molar-refractivity contribution >= 4 is 15.8 Å². The van der Waals surface area contributed by atoms with Gasteiger partial charge in [0.25, 0.3) is 10.0 Å². The normalized spacial score (nSPS) is 11.6. The van der Waals surface area contributed by atoms with Crippen LogP contribution in [0.5, 0.6) is 0 Å². The van der Waals surface area contributed by atoms with Crippen LogP contribution < -0.4 is 4.72 Å². The van der Waals surface area contributed by atoms with Gasteiger partial charge in [-0.15, -0.1) is 0 Å². The number of aryl methyl sites for hydroxylation is 4. The maximum atomic E-state index is 12.4. The quantitative estimate of drug-likeness (QED) is 0.936. The van der Waals surface area contributed by atoms with E-state index in [1.54, 1.807) is 17.7 Å². The number of hydrogen-bond acceptors (Lipinski definition) is 4. The zero-order valence-corrected chi connectivity index (χ0v) is 12.8. The van der Waals surface area contributed by atoms with Crippen molar-refractivity contribution in [3.8, 4) is 0 Å². The number of pyridine rings is 1. The highest BCUT2D eigenvalue weighted by Gasteiger charge is 2.20. The Bertz CT molecular complexity index is 715. The Kier molecular flexibility index (Phi) is 3.80. The molecule has 0 aliphatic rings. The topological polar surface area (TPSA) is 76.9 Å². The first-order chi connectivity index (χ1) is 9.31. The van der Waals surface area contributed by atoms with Gasteiger partial charge in [-0.1, -0.05) is 0 Å². The second-order valence-corrected chi connectivity index (χ2v) is 6.36. The van der Waals surface area contributed by atoms with E-state index in [0.29, 0.717) is 18.1 Å². The summed E-state index contributed by atoms with van der Waals surface area (Å²) in [5.41, 5.74) is 2.20. The number of hydrogen-bond donors (Lipinski definition) is 1. The van der Waals surface area contributed by atoms with E-state index >= 15 is 0 Å². The summed E-state index contributed by atoms with van der Waals surface area (Å²) >= 11 is 0. The zero-order chi connectivity index (χ0) is 14.9. The van der Waals surface area contributed by atoms with Crippen molar-refractivity contribution in [1.82, 2.24) is 14.8 Å². The first kappa shape index (κ1) is 14.5. The number of rotatable bonds is 4. The molecule has 6 nitrogen and oxygen atoms in total. The van der Waals surface area contributed by atoms with Gasteiger partial charge >= 0.3 is 0 Å². The van der Waals surface area contributed by atoms with Gasteiger partial charge in [0, 0.05) is 18.4 Å². The van der Waals surface area contributed by atoms with Crippen LogP contribution in [-0.2, 0) is 16.6 Å². The number of sulfonamides is 1. The van der Waals surface area contributed by atoms with E-state index in [-0.39, 0.29) is 4.90 Å². The minimum atomic E-state index is -3.66. The summed E-state index contributed by atoms with van der Waals surface area (Å²) in [7, 11) is -3.66. The molecule has 0 unspecified atom stereocenters. The summed E-state index contributed by atoms with van der Waals surface area (Å²) in [6.45, 7) is 7.92. The van der Waals surface area contributed by atoms with Crippen molar-refractivity contribution in [3.63, 3.8) is 0 Å². The molecule has 0 saturated carbocycles. The average Bonchev–Trinajstić information content (AvgIpc) is 2.69. The Morgan fingerprint density at radius 2 is 1.95 bits per heavy atom. The van der Waals surface area contributed by atoms with Crippen molar-refractivity contribution < 1.29 is 8.42 Å². The molecule has 7 heteroatoms. The fourth-order valence-electron chi connectivity index (χ4n) is 2.01. The summed E-state index contributed by atoms with van der Waals surface area (Å²) < 4.78 is 28.8. The minimum Gasteiger partial charge on any atom is -0.271 e. The third-order valence-electron chi connectivity index (χ3n) is 2.85. The highest BCUT2D eigenvalue weighted by Crippen LogP contribution is 2.18. The average molecular weight is 294 g/mol. The molecule has 0 aliphatic carbocycles. The molecular formula is C13H18N4O2S. The van der Waals surface area contributed by atoms with E-state index in [0.717, 1.165) is 11.3 Å². The van der Waals surface area contributed by atoms with E-state index in [9.17, 15) is 8.42 Å². The highest BCUT2D eigenvalue weighted by molar-refractivity contribution is 7.92. The summed E-state index contributed by atoms with van der Waals surface area (Å²) in [6, 6.07) is 3.59. The Hall–Kier alpha value is -1.89. The third-order valence-corrected chi connectivity index (χ3v) is 4.31. The second kappa shape index (κ2) is 5.24. The van der Waals surface area contributed by atoms with Gasteiger partial charge in [-0.25, -0.2) is 13.4 Å². The van der Waals surface area contributed by atoms with Crippen LogP contribution in [0.1, 0.15) is 23.9 Å². The Balaban J connectivity index is 2.37. The lowest BCUT2D eigenvalue weighted by Gasteiger charge is -2.07. The van der Waals surface area contributed by atoms with Crippen molar-refractivity contribution in [1.29, 1.82) is 0 Å². The molecule has 0 aromatic carbocycles. The number of nitrogens with zero attached hydrogens (tertiary/aromatic N) is 3. The van der Waals surface area contributed by atoms with E-state index < -0.39 is 10.0 Å². The first-order valence-corrected chi connectivity index (χ1v) is 7.82. The lowest BCUT2D eigenvalue weighted by molar-refractivity contribution is 0.600. The Morgan fingerprint density at radius 3 is 2.50 bits per heavy atom. The Morgan fingerprint density at radius 1 is 1.25 bits per heavy atom. The van der Waals surface area contributed by atoms with E-state index in [2.05, 4.69) is 14.8 Å². The lowest BCUT2D eigenvalue weighted by atomic mass is 10.2. The minimum absolute atomic E-state index is 0.181. The molecule has 2 heterocycles. The third kappa shape index (κ3) is 2.98. The van der Waals surface area contributed by atoms with Crippen LogP contribution in [0.15, 0.2) is 23.2 Å². The van der Waals surface area contributed by atoms with E-state index in [1.807, 2.05) is 26.8 Å². The lowest BCUT2D eigenvalue weighted by Crippen LogP contribution is -2.14. The fourth-order valence-corrected chi connectivity index (χ4v) is 3.19. The molecule has 0 saturated heterocycles. The maximum absolute atomic E-state index is 12.4. The van der Waals surface area contributed by atoms with Gasteiger partial charge in [0.1, 0.15) is 10.7 Å². The van der Waals surface area contributed by atoms with Gasteiger partial charge in [-0.05, 0) is 45.4 Å². The monoisotopic (exact) mass is 294 g/mol. The second-order valence-electron chi connectivity index (χ2n) is 4.71. The number of nitrogens with one attached hydrogen (secondary N) is 1. The van der Waals surface area contributed by atoms with Gasteiger partial charge in [-0.3, -0.25) is 9.40 Å². The van der Waals surface area contributed by atoms with Crippen LogP contribution in [0.25, 0.3) is 0 Å².